The van der Waals surface area contributed by atoms with E-state index in [2.05, 4.69) is 9.72 Å². The summed E-state index contributed by atoms with van der Waals surface area (Å²) < 4.78 is 15.2. The van der Waals surface area contributed by atoms with Crippen molar-refractivity contribution in [3.8, 4) is 0 Å². The normalized spacial score (nSPS) is 19.3. The molecule has 7 heteroatoms. The number of aryl methyl sites for hydroxylation is 2. The average Bonchev–Trinajstić information content (AvgIpc) is 2.76. The molecule has 1 amide bonds. The topological polar surface area (TPSA) is 81.9 Å². The van der Waals surface area contributed by atoms with Crippen LogP contribution >= 0.6 is 0 Å². The molecule has 19 heavy (non-hydrogen) atoms. The second-order valence-electron chi connectivity index (χ2n) is 4.26. The van der Waals surface area contributed by atoms with Crippen LogP contribution in [0.4, 0.5) is 0 Å². The van der Waals surface area contributed by atoms with Crippen molar-refractivity contribution in [1.29, 1.82) is 0 Å². The van der Waals surface area contributed by atoms with Crippen LogP contribution in [0, 0.1) is 13.8 Å². The zero-order valence-corrected chi connectivity index (χ0v) is 11.1. The van der Waals surface area contributed by atoms with Crippen LogP contribution in [0.25, 0.3) is 0 Å². The molecular formula is C12H16N2O5. The predicted molar refractivity (Wildman–Crippen MR) is 63.6 cm³/mol. The molecule has 0 saturated carbocycles. The molecule has 0 radical (unpaired) electrons. The Bertz CT molecular complexity index is 496. The summed E-state index contributed by atoms with van der Waals surface area (Å²) in [6.45, 7) is 4.19. The van der Waals surface area contributed by atoms with Gasteiger partial charge in [0.1, 0.15) is 0 Å². The van der Waals surface area contributed by atoms with E-state index in [-0.39, 0.29) is 18.3 Å². The fraction of sp³-hybridized carbons (Fsp3) is 0.583. The number of rotatable bonds is 2. The van der Waals surface area contributed by atoms with Gasteiger partial charge in [0, 0.05) is 13.5 Å². The van der Waals surface area contributed by atoms with Crippen molar-refractivity contribution in [1.82, 2.24) is 9.88 Å². The summed E-state index contributed by atoms with van der Waals surface area (Å²) >= 11 is 0. The first kappa shape index (κ1) is 13.5. The zero-order chi connectivity index (χ0) is 14.0. The van der Waals surface area contributed by atoms with E-state index < -0.39 is 12.0 Å². The molecule has 2 heterocycles. The number of esters is 1. The molecule has 0 bridgehead atoms. The van der Waals surface area contributed by atoms with Gasteiger partial charge in [0.15, 0.2) is 11.9 Å². The lowest BCUT2D eigenvalue weighted by Crippen LogP contribution is -2.53. The Labute approximate surface area is 110 Å². The summed E-state index contributed by atoms with van der Waals surface area (Å²) in [6, 6.07) is -0.740. The van der Waals surface area contributed by atoms with Crippen molar-refractivity contribution in [2.75, 3.05) is 26.9 Å². The third-order valence-corrected chi connectivity index (χ3v) is 2.96. The number of hydrogen-bond donors (Lipinski definition) is 0. The fourth-order valence-corrected chi connectivity index (χ4v) is 2.04. The number of hydrogen-bond acceptors (Lipinski definition) is 6. The first-order valence-corrected chi connectivity index (χ1v) is 5.95. The molecule has 1 aliphatic rings. The molecule has 2 rings (SSSR count). The van der Waals surface area contributed by atoms with Gasteiger partial charge in [-0.1, -0.05) is 0 Å². The summed E-state index contributed by atoms with van der Waals surface area (Å²) in [5, 5.41) is 0. The van der Waals surface area contributed by atoms with Gasteiger partial charge in [-0.3, -0.25) is 4.79 Å². The lowest BCUT2D eigenvalue weighted by Gasteiger charge is -2.32. The number of methoxy groups -OCH3 is 1. The molecule has 1 saturated heterocycles. The Morgan fingerprint density at radius 3 is 2.74 bits per heavy atom. The van der Waals surface area contributed by atoms with E-state index >= 15 is 0 Å². The molecule has 0 aromatic carbocycles. The van der Waals surface area contributed by atoms with Gasteiger partial charge in [0.25, 0.3) is 5.91 Å². The van der Waals surface area contributed by atoms with Gasteiger partial charge in [-0.05, 0) is 6.92 Å². The Morgan fingerprint density at radius 1 is 1.42 bits per heavy atom. The van der Waals surface area contributed by atoms with E-state index in [0.29, 0.717) is 24.7 Å². The van der Waals surface area contributed by atoms with E-state index in [0.717, 1.165) is 0 Å². The van der Waals surface area contributed by atoms with Gasteiger partial charge >= 0.3 is 5.97 Å². The van der Waals surface area contributed by atoms with Gasteiger partial charge in [0.2, 0.25) is 5.76 Å². The standard InChI is InChI=1S/C12H16N2O5/c1-7-10(19-8(2)13-7)11(15)14-4-5-18-6-9(14)12(16)17-3/h9H,4-6H2,1-3H3. The molecule has 0 N–H and O–H groups in total. The Morgan fingerprint density at radius 2 is 2.16 bits per heavy atom. The van der Waals surface area contributed by atoms with E-state index in [1.165, 1.54) is 12.0 Å². The highest BCUT2D eigenvalue weighted by Crippen LogP contribution is 2.17. The van der Waals surface area contributed by atoms with E-state index in [1.54, 1.807) is 13.8 Å². The van der Waals surface area contributed by atoms with Crippen molar-refractivity contribution in [3.05, 3.63) is 17.3 Å². The maximum atomic E-state index is 12.4. The van der Waals surface area contributed by atoms with E-state index in [9.17, 15) is 9.59 Å². The molecule has 1 fully saturated rings. The van der Waals surface area contributed by atoms with Crippen LogP contribution in [0.1, 0.15) is 22.1 Å². The highest BCUT2D eigenvalue weighted by atomic mass is 16.5. The lowest BCUT2D eigenvalue weighted by molar-refractivity contribution is -0.151. The number of aromatic nitrogens is 1. The quantitative estimate of drug-likeness (QED) is 0.718. The Kier molecular flexibility index (Phi) is 3.84. The molecule has 0 aliphatic carbocycles. The van der Waals surface area contributed by atoms with Crippen molar-refractivity contribution < 1.29 is 23.5 Å². The van der Waals surface area contributed by atoms with Crippen molar-refractivity contribution in [2.24, 2.45) is 0 Å². The average molecular weight is 268 g/mol. The zero-order valence-electron chi connectivity index (χ0n) is 11.1. The molecule has 1 atom stereocenters. The SMILES string of the molecule is COC(=O)C1COCCN1C(=O)c1oc(C)nc1C. The summed E-state index contributed by atoms with van der Waals surface area (Å²) in [5.41, 5.74) is 0.512. The maximum absolute atomic E-state index is 12.4. The van der Waals surface area contributed by atoms with Crippen LogP contribution in [0.15, 0.2) is 4.42 Å². The minimum Gasteiger partial charge on any atom is -0.467 e. The van der Waals surface area contributed by atoms with Gasteiger partial charge in [-0.15, -0.1) is 0 Å². The number of amides is 1. The second-order valence-corrected chi connectivity index (χ2v) is 4.26. The monoisotopic (exact) mass is 268 g/mol. The highest BCUT2D eigenvalue weighted by Gasteiger charge is 2.36. The summed E-state index contributed by atoms with van der Waals surface area (Å²) in [7, 11) is 1.28. The van der Waals surface area contributed by atoms with Crippen LogP contribution in [-0.4, -0.2) is 54.7 Å². The molecule has 7 nitrogen and oxygen atoms in total. The fourth-order valence-electron chi connectivity index (χ4n) is 2.04. The molecular weight excluding hydrogens is 252 g/mol. The van der Waals surface area contributed by atoms with Gasteiger partial charge in [-0.25, -0.2) is 9.78 Å². The number of oxazole rings is 1. The smallest absolute Gasteiger partial charge is 0.331 e. The van der Waals surface area contributed by atoms with Crippen LogP contribution in [-0.2, 0) is 14.3 Å². The highest BCUT2D eigenvalue weighted by molar-refractivity contribution is 5.95. The number of carbonyl (C=O) groups excluding carboxylic acids is 2. The minimum absolute atomic E-state index is 0.130. The minimum atomic E-state index is -0.740. The van der Waals surface area contributed by atoms with Gasteiger partial charge in [0.05, 0.1) is 26.0 Å². The van der Waals surface area contributed by atoms with E-state index in [1.807, 2.05) is 0 Å². The van der Waals surface area contributed by atoms with Crippen molar-refractivity contribution in [3.63, 3.8) is 0 Å². The third kappa shape index (κ3) is 2.60. The first-order valence-electron chi connectivity index (χ1n) is 5.95. The number of ether oxygens (including phenoxy) is 2. The van der Waals surface area contributed by atoms with Crippen molar-refractivity contribution >= 4 is 11.9 Å². The van der Waals surface area contributed by atoms with Crippen LogP contribution in [0.5, 0.6) is 0 Å². The number of nitrogens with zero attached hydrogens (tertiary/aromatic N) is 2. The van der Waals surface area contributed by atoms with E-state index in [4.69, 9.17) is 9.15 Å². The Hall–Kier alpha value is -1.89. The summed E-state index contributed by atoms with van der Waals surface area (Å²) in [5.74, 6) is -0.282. The molecule has 0 spiro atoms. The van der Waals surface area contributed by atoms with Crippen LogP contribution < -0.4 is 0 Å². The summed E-state index contributed by atoms with van der Waals surface area (Å²) in [4.78, 5) is 29.5. The molecule has 1 aliphatic heterocycles. The number of carbonyl (C=O) groups is 2. The summed E-state index contributed by atoms with van der Waals surface area (Å²) in [6.07, 6.45) is 0. The first-order chi connectivity index (χ1) is 9.04. The van der Waals surface area contributed by atoms with Crippen LogP contribution in [0.2, 0.25) is 0 Å². The molecule has 1 aromatic rings. The van der Waals surface area contributed by atoms with Gasteiger partial charge < -0.3 is 18.8 Å². The predicted octanol–water partition coefficient (Wildman–Crippen LogP) is 0.305. The molecule has 104 valence electrons. The largest absolute Gasteiger partial charge is 0.467 e. The van der Waals surface area contributed by atoms with Gasteiger partial charge in [-0.2, -0.15) is 0 Å². The van der Waals surface area contributed by atoms with Crippen LogP contribution in [0.3, 0.4) is 0 Å². The lowest BCUT2D eigenvalue weighted by atomic mass is 10.2. The Balaban J connectivity index is 2.25. The molecule has 1 unspecified atom stereocenters. The molecule has 1 aromatic heterocycles. The number of morpholine rings is 1. The maximum Gasteiger partial charge on any atom is 0.331 e. The van der Waals surface area contributed by atoms with Crippen molar-refractivity contribution in [2.45, 2.75) is 19.9 Å². The third-order valence-electron chi connectivity index (χ3n) is 2.96. The second kappa shape index (κ2) is 5.40.